The first-order valence-electron chi connectivity index (χ1n) is 4.91. The number of hydrogen-bond donors (Lipinski definition) is 2. The second-order valence-corrected chi connectivity index (χ2v) is 6.83. The largest absolute Gasteiger partial charge is 0.398 e. The molecule has 0 radical (unpaired) electrons. The lowest BCUT2D eigenvalue weighted by molar-refractivity contribution is 0.580. The van der Waals surface area contributed by atoms with Gasteiger partial charge in [-0.25, -0.2) is 18.1 Å². The summed E-state index contributed by atoms with van der Waals surface area (Å²) in [5, 5.41) is 1.79. The number of nitrogen functional groups attached to an aromatic ring is 1. The lowest BCUT2D eigenvalue weighted by atomic mass is 10.3. The van der Waals surface area contributed by atoms with Crippen LogP contribution in [0.15, 0.2) is 38.5 Å². The first-order valence-corrected chi connectivity index (χ1v) is 8.13. The molecule has 8 heteroatoms. The van der Waals surface area contributed by atoms with Gasteiger partial charge in [0.1, 0.15) is 0 Å². The molecule has 18 heavy (non-hydrogen) atoms. The Hall–Kier alpha value is -0.960. The Bertz CT molecular complexity index is 641. The molecule has 0 fully saturated rings. The SMILES string of the molecule is Nc1cc(S(=O)(=O)NCc2cscn2)ccc1Br. The van der Waals surface area contributed by atoms with Gasteiger partial charge in [-0.2, -0.15) is 0 Å². The highest BCUT2D eigenvalue weighted by Gasteiger charge is 2.15. The molecule has 2 rings (SSSR count). The van der Waals surface area contributed by atoms with Gasteiger partial charge in [0, 0.05) is 15.5 Å². The fraction of sp³-hybridized carbons (Fsp3) is 0.100. The molecule has 0 bridgehead atoms. The van der Waals surface area contributed by atoms with E-state index in [-0.39, 0.29) is 11.4 Å². The molecule has 5 nitrogen and oxygen atoms in total. The second kappa shape index (κ2) is 5.35. The Kier molecular flexibility index (Phi) is 4.00. The minimum Gasteiger partial charge on any atom is -0.398 e. The number of rotatable bonds is 4. The van der Waals surface area contributed by atoms with Gasteiger partial charge in [0.25, 0.3) is 0 Å². The van der Waals surface area contributed by atoms with Gasteiger partial charge in [-0.05, 0) is 34.1 Å². The van der Waals surface area contributed by atoms with Crippen molar-refractivity contribution in [1.82, 2.24) is 9.71 Å². The third-order valence-corrected chi connectivity index (χ3v) is 4.96. The molecule has 0 saturated carbocycles. The molecule has 96 valence electrons. The Labute approximate surface area is 117 Å². The summed E-state index contributed by atoms with van der Waals surface area (Å²) >= 11 is 4.64. The maximum atomic E-state index is 12.0. The molecule has 1 heterocycles. The first kappa shape index (κ1) is 13.5. The highest BCUT2D eigenvalue weighted by molar-refractivity contribution is 9.10. The van der Waals surface area contributed by atoms with Crippen LogP contribution in [0.3, 0.4) is 0 Å². The molecule has 0 aliphatic rings. The molecule has 0 amide bonds. The summed E-state index contributed by atoms with van der Waals surface area (Å²) in [6.45, 7) is 0.168. The number of anilines is 1. The number of nitrogens with zero attached hydrogens (tertiary/aromatic N) is 1. The van der Waals surface area contributed by atoms with Gasteiger partial charge in [0.05, 0.1) is 22.6 Å². The second-order valence-electron chi connectivity index (χ2n) is 3.49. The maximum absolute atomic E-state index is 12.0. The fourth-order valence-corrected chi connectivity index (χ4v) is 3.11. The summed E-state index contributed by atoms with van der Waals surface area (Å²) < 4.78 is 27.1. The smallest absolute Gasteiger partial charge is 0.240 e. The van der Waals surface area contributed by atoms with Gasteiger partial charge in [-0.15, -0.1) is 11.3 Å². The third kappa shape index (κ3) is 3.08. The molecule has 0 unspecified atom stereocenters. The van der Waals surface area contributed by atoms with E-state index in [0.29, 0.717) is 15.9 Å². The average Bonchev–Trinajstić information content (AvgIpc) is 2.83. The molecule has 0 aliphatic carbocycles. The zero-order chi connectivity index (χ0) is 13.2. The van der Waals surface area contributed by atoms with Gasteiger partial charge in [-0.3, -0.25) is 0 Å². The molecule has 0 spiro atoms. The van der Waals surface area contributed by atoms with Crippen LogP contribution in [-0.2, 0) is 16.6 Å². The van der Waals surface area contributed by atoms with E-state index in [1.807, 2.05) is 0 Å². The monoisotopic (exact) mass is 347 g/mol. The van der Waals surface area contributed by atoms with E-state index in [1.165, 1.54) is 23.5 Å². The number of aromatic nitrogens is 1. The fourth-order valence-electron chi connectivity index (χ4n) is 1.27. The van der Waals surface area contributed by atoms with Crippen LogP contribution in [0.4, 0.5) is 5.69 Å². The number of thiazole rings is 1. The van der Waals surface area contributed by atoms with Crippen molar-refractivity contribution < 1.29 is 8.42 Å². The Morgan fingerprint density at radius 3 is 2.83 bits per heavy atom. The van der Waals surface area contributed by atoms with Crippen LogP contribution in [0.2, 0.25) is 0 Å². The van der Waals surface area contributed by atoms with Crippen molar-refractivity contribution in [2.75, 3.05) is 5.73 Å². The number of nitrogens with two attached hydrogens (primary N) is 1. The van der Waals surface area contributed by atoms with Crippen LogP contribution in [0.25, 0.3) is 0 Å². The topological polar surface area (TPSA) is 85.1 Å². The lowest BCUT2D eigenvalue weighted by Gasteiger charge is -2.07. The van der Waals surface area contributed by atoms with Crippen LogP contribution >= 0.6 is 27.3 Å². The Morgan fingerprint density at radius 2 is 2.22 bits per heavy atom. The number of benzene rings is 1. The van der Waals surface area contributed by atoms with Crippen molar-refractivity contribution in [3.05, 3.63) is 39.3 Å². The minimum atomic E-state index is -3.56. The zero-order valence-electron chi connectivity index (χ0n) is 9.13. The maximum Gasteiger partial charge on any atom is 0.240 e. The van der Waals surface area contributed by atoms with Crippen molar-refractivity contribution in [3.63, 3.8) is 0 Å². The molecular weight excluding hydrogens is 338 g/mol. The summed E-state index contributed by atoms with van der Waals surface area (Å²) in [5.41, 5.74) is 8.38. The molecule has 3 N–H and O–H groups in total. The van der Waals surface area contributed by atoms with Crippen LogP contribution in [0.1, 0.15) is 5.69 Å². The summed E-state index contributed by atoms with van der Waals surface area (Å²) in [6.07, 6.45) is 0. The van der Waals surface area contributed by atoms with Crippen molar-refractivity contribution >= 4 is 43.0 Å². The van der Waals surface area contributed by atoms with Crippen molar-refractivity contribution in [3.8, 4) is 0 Å². The van der Waals surface area contributed by atoms with E-state index in [9.17, 15) is 8.42 Å². The quantitative estimate of drug-likeness (QED) is 0.828. The molecular formula is C10H10BrN3O2S2. The molecule has 0 saturated heterocycles. The van der Waals surface area contributed by atoms with Crippen LogP contribution in [0.5, 0.6) is 0 Å². The van der Waals surface area contributed by atoms with Crippen molar-refractivity contribution in [2.45, 2.75) is 11.4 Å². The lowest BCUT2D eigenvalue weighted by Crippen LogP contribution is -2.23. The van der Waals surface area contributed by atoms with Crippen LogP contribution < -0.4 is 10.5 Å². The number of sulfonamides is 1. The standard InChI is InChI=1S/C10H10BrN3O2S2/c11-9-2-1-8(3-10(9)12)18(15,16)14-4-7-5-17-6-13-7/h1-3,5-6,14H,4,12H2. The molecule has 0 atom stereocenters. The van der Waals surface area contributed by atoms with E-state index in [2.05, 4.69) is 25.6 Å². The van der Waals surface area contributed by atoms with Gasteiger partial charge < -0.3 is 5.73 Å². The average molecular weight is 348 g/mol. The highest BCUT2D eigenvalue weighted by atomic mass is 79.9. The molecule has 0 aliphatic heterocycles. The normalized spacial score (nSPS) is 11.6. The zero-order valence-corrected chi connectivity index (χ0v) is 12.3. The van der Waals surface area contributed by atoms with E-state index < -0.39 is 10.0 Å². The van der Waals surface area contributed by atoms with Crippen LogP contribution in [-0.4, -0.2) is 13.4 Å². The minimum absolute atomic E-state index is 0.137. The van der Waals surface area contributed by atoms with E-state index in [0.717, 1.165) is 0 Å². The van der Waals surface area contributed by atoms with Gasteiger partial charge >= 0.3 is 0 Å². The van der Waals surface area contributed by atoms with Gasteiger partial charge in [0.15, 0.2) is 0 Å². The summed E-state index contributed by atoms with van der Waals surface area (Å²) in [4.78, 5) is 4.14. The molecule has 1 aromatic heterocycles. The van der Waals surface area contributed by atoms with E-state index in [4.69, 9.17) is 5.73 Å². The summed E-state index contributed by atoms with van der Waals surface area (Å²) in [7, 11) is -3.56. The van der Waals surface area contributed by atoms with Crippen LogP contribution in [0, 0.1) is 0 Å². The van der Waals surface area contributed by atoms with E-state index in [1.54, 1.807) is 17.0 Å². The number of halogens is 1. The number of hydrogen-bond acceptors (Lipinski definition) is 5. The van der Waals surface area contributed by atoms with E-state index >= 15 is 0 Å². The van der Waals surface area contributed by atoms with Gasteiger partial charge in [0.2, 0.25) is 10.0 Å². The van der Waals surface area contributed by atoms with Gasteiger partial charge in [-0.1, -0.05) is 0 Å². The van der Waals surface area contributed by atoms with Crippen molar-refractivity contribution in [1.29, 1.82) is 0 Å². The summed E-state index contributed by atoms with van der Waals surface area (Å²) in [5.74, 6) is 0. The molecule has 2 aromatic rings. The summed E-state index contributed by atoms with van der Waals surface area (Å²) in [6, 6.07) is 4.50. The highest BCUT2D eigenvalue weighted by Crippen LogP contribution is 2.22. The molecule has 1 aromatic carbocycles. The first-order chi connectivity index (χ1) is 8.49. The predicted octanol–water partition coefficient (Wildman–Crippen LogP) is 1.97. The Morgan fingerprint density at radius 1 is 1.44 bits per heavy atom. The third-order valence-electron chi connectivity index (χ3n) is 2.20. The number of nitrogens with one attached hydrogen (secondary N) is 1. The predicted molar refractivity (Wildman–Crippen MR) is 74.7 cm³/mol. The van der Waals surface area contributed by atoms with Crippen molar-refractivity contribution in [2.24, 2.45) is 0 Å². The Balaban J connectivity index is 2.17.